The van der Waals surface area contributed by atoms with E-state index in [1.165, 1.54) is 43.5 Å². The van der Waals surface area contributed by atoms with Crippen LogP contribution >= 0.6 is 0 Å². The zero-order chi connectivity index (χ0) is 18.4. The highest BCUT2D eigenvalue weighted by molar-refractivity contribution is 5.89. The molecule has 0 bridgehead atoms. The maximum Gasteiger partial charge on any atom is 0.338 e. The van der Waals surface area contributed by atoms with Crippen molar-refractivity contribution < 1.29 is 14.5 Å². The van der Waals surface area contributed by atoms with E-state index in [0.29, 0.717) is 42.5 Å². The third-order valence-electron chi connectivity index (χ3n) is 5.16. The molecular weight excluding hydrogens is 320 g/mol. The maximum absolute atomic E-state index is 12.0. The highest BCUT2D eigenvalue weighted by Crippen LogP contribution is 2.33. The molecule has 1 saturated carbocycles. The molecule has 3 unspecified atom stereocenters. The van der Waals surface area contributed by atoms with E-state index in [0.717, 1.165) is 0 Å². The van der Waals surface area contributed by atoms with Gasteiger partial charge in [0.1, 0.15) is 6.61 Å². The number of carbonyl (C=O) groups excluding carboxylic acids is 1. The van der Waals surface area contributed by atoms with E-state index in [1.54, 1.807) is 0 Å². The fourth-order valence-corrected chi connectivity index (χ4v) is 3.73. The van der Waals surface area contributed by atoms with E-state index < -0.39 is 10.9 Å². The van der Waals surface area contributed by atoms with Gasteiger partial charge in [-0.2, -0.15) is 0 Å². The maximum atomic E-state index is 12.0. The second-order valence-corrected chi connectivity index (χ2v) is 7.24. The molecule has 138 valence electrons. The van der Waals surface area contributed by atoms with E-state index in [1.807, 2.05) is 0 Å². The third kappa shape index (κ3) is 5.26. The van der Waals surface area contributed by atoms with Gasteiger partial charge < -0.3 is 10.1 Å². The van der Waals surface area contributed by atoms with Crippen LogP contribution in [0.2, 0.25) is 0 Å². The number of benzene rings is 1. The van der Waals surface area contributed by atoms with Crippen molar-refractivity contribution in [3.63, 3.8) is 0 Å². The summed E-state index contributed by atoms with van der Waals surface area (Å²) in [6.07, 6.45) is 3.78. The molecule has 1 aliphatic carbocycles. The molecule has 0 spiro atoms. The van der Waals surface area contributed by atoms with Crippen molar-refractivity contribution in [2.24, 2.45) is 17.8 Å². The van der Waals surface area contributed by atoms with Crippen molar-refractivity contribution in [2.75, 3.05) is 13.2 Å². The monoisotopic (exact) mass is 348 g/mol. The summed E-state index contributed by atoms with van der Waals surface area (Å²) in [6.45, 7) is 7.74. The van der Waals surface area contributed by atoms with Crippen molar-refractivity contribution >= 4 is 11.7 Å². The Morgan fingerprint density at radius 3 is 2.60 bits per heavy atom. The van der Waals surface area contributed by atoms with Gasteiger partial charge in [-0.15, -0.1) is 0 Å². The first-order valence-electron chi connectivity index (χ1n) is 9.05. The van der Waals surface area contributed by atoms with Crippen molar-refractivity contribution in [2.45, 2.75) is 46.1 Å². The summed E-state index contributed by atoms with van der Waals surface area (Å²) in [5.41, 5.74) is 0.293. The molecule has 1 aromatic rings. The standard InChI is InChI=1S/C19H28N2O4/c1-13(2)17-6-4-5-14(3)18(17)20-11-12-25-19(22)15-7-9-16(10-8-15)21(23)24/h7-10,13-14,17-18,20H,4-6,11-12H2,1-3H3. The van der Waals surface area contributed by atoms with Gasteiger partial charge in [0.25, 0.3) is 5.69 Å². The van der Waals surface area contributed by atoms with Gasteiger partial charge in [0, 0.05) is 24.7 Å². The second kappa shape index (κ2) is 8.94. The first kappa shape index (κ1) is 19.4. The lowest BCUT2D eigenvalue weighted by atomic mass is 9.73. The highest BCUT2D eigenvalue weighted by atomic mass is 16.6. The van der Waals surface area contributed by atoms with Crippen LogP contribution < -0.4 is 5.32 Å². The van der Waals surface area contributed by atoms with Gasteiger partial charge in [-0.1, -0.05) is 27.2 Å². The van der Waals surface area contributed by atoms with E-state index in [9.17, 15) is 14.9 Å². The minimum absolute atomic E-state index is 0.0377. The molecule has 2 rings (SSSR count). The van der Waals surface area contributed by atoms with Crippen LogP contribution in [-0.2, 0) is 4.74 Å². The fourth-order valence-electron chi connectivity index (χ4n) is 3.73. The highest BCUT2D eigenvalue weighted by Gasteiger charge is 2.31. The van der Waals surface area contributed by atoms with E-state index >= 15 is 0 Å². The van der Waals surface area contributed by atoms with Crippen LogP contribution in [0.15, 0.2) is 24.3 Å². The normalized spacial score (nSPS) is 23.4. The topological polar surface area (TPSA) is 81.5 Å². The number of nitro benzene ring substituents is 1. The minimum Gasteiger partial charge on any atom is -0.461 e. The van der Waals surface area contributed by atoms with Crippen molar-refractivity contribution in [3.8, 4) is 0 Å². The smallest absolute Gasteiger partial charge is 0.338 e. The van der Waals surface area contributed by atoms with Crippen LogP contribution in [-0.4, -0.2) is 30.1 Å². The summed E-state index contributed by atoms with van der Waals surface area (Å²) in [6, 6.07) is 5.93. The van der Waals surface area contributed by atoms with E-state index in [4.69, 9.17) is 4.74 Å². The van der Waals surface area contributed by atoms with Gasteiger partial charge in [0.15, 0.2) is 0 Å². The van der Waals surface area contributed by atoms with Gasteiger partial charge in [-0.3, -0.25) is 10.1 Å². The molecule has 0 aromatic heterocycles. The molecule has 0 amide bonds. The van der Waals surface area contributed by atoms with Crippen molar-refractivity contribution in [1.82, 2.24) is 5.32 Å². The SMILES string of the molecule is CC(C)C1CCCC(C)C1NCCOC(=O)c1ccc([N+](=O)[O-])cc1. The Morgan fingerprint density at radius 1 is 1.32 bits per heavy atom. The number of ether oxygens (including phenoxy) is 1. The van der Waals surface area contributed by atoms with Gasteiger partial charge in [-0.25, -0.2) is 4.79 Å². The molecule has 1 aliphatic rings. The predicted molar refractivity (Wildman–Crippen MR) is 96.5 cm³/mol. The largest absolute Gasteiger partial charge is 0.461 e. The number of nitrogens with one attached hydrogen (secondary N) is 1. The van der Waals surface area contributed by atoms with Gasteiger partial charge in [0.2, 0.25) is 0 Å². The van der Waals surface area contributed by atoms with Crippen LogP contribution in [0.4, 0.5) is 5.69 Å². The molecular formula is C19H28N2O4. The Kier molecular flexibility index (Phi) is 6.93. The van der Waals surface area contributed by atoms with Gasteiger partial charge in [0.05, 0.1) is 10.5 Å². The number of hydrogen-bond donors (Lipinski definition) is 1. The number of nitro groups is 1. The first-order chi connectivity index (χ1) is 11.9. The molecule has 1 aromatic carbocycles. The molecule has 0 heterocycles. The lowest BCUT2D eigenvalue weighted by Gasteiger charge is -2.39. The summed E-state index contributed by atoms with van der Waals surface area (Å²) >= 11 is 0. The van der Waals surface area contributed by atoms with Gasteiger partial charge in [-0.05, 0) is 42.7 Å². The van der Waals surface area contributed by atoms with Crippen LogP contribution in [0, 0.1) is 27.9 Å². The molecule has 25 heavy (non-hydrogen) atoms. The predicted octanol–water partition coefficient (Wildman–Crippen LogP) is 3.80. The molecule has 1 fully saturated rings. The number of nitrogens with zero attached hydrogens (tertiary/aromatic N) is 1. The molecule has 3 atom stereocenters. The van der Waals surface area contributed by atoms with Gasteiger partial charge >= 0.3 is 5.97 Å². The molecule has 6 nitrogen and oxygen atoms in total. The summed E-state index contributed by atoms with van der Waals surface area (Å²) in [5, 5.41) is 14.2. The van der Waals surface area contributed by atoms with Crippen molar-refractivity contribution in [3.05, 3.63) is 39.9 Å². The molecule has 0 saturated heterocycles. The summed E-state index contributed by atoms with van der Waals surface area (Å²) < 4.78 is 5.28. The lowest BCUT2D eigenvalue weighted by Crippen LogP contribution is -2.46. The lowest BCUT2D eigenvalue weighted by molar-refractivity contribution is -0.384. The first-order valence-corrected chi connectivity index (χ1v) is 9.05. The van der Waals surface area contributed by atoms with E-state index in [-0.39, 0.29) is 5.69 Å². The Bertz CT molecular complexity index is 586. The average molecular weight is 348 g/mol. The Morgan fingerprint density at radius 2 is 2.00 bits per heavy atom. The average Bonchev–Trinajstić information content (AvgIpc) is 2.59. The number of non-ortho nitro benzene ring substituents is 1. The number of rotatable bonds is 7. The molecule has 1 N–H and O–H groups in total. The Hall–Kier alpha value is -1.95. The van der Waals surface area contributed by atoms with Crippen molar-refractivity contribution in [1.29, 1.82) is 0 Å². The second-order valence-electron chi connectivity index (χ2n) is 7.24. The zero-order valence-corrected chi connectivity index (χ0v) is 15.2. The van der Waals surface area contributed by atoms with Crippen LogP contribution in [0.3, 0.4) is 0 Å². The quantitative estimate of drug-likeness (QED) is 0.351. The fraction of sp³-hybridized carbons (Fsp3) is 0.632. The summed E-state index contributed by atoms with van der Waals surface area (Å²) in [7, 11) is 0. The van der Waals surface area contributed by atoms with Crippen LogP contribution in [0.25, 0.3) is 0 Å². The van der Waals surface area contributed by atoms with Crippen LogP contribution in [0.1, 0.15) is 50.4 Å². The zero-order valence-electron chi connectivity index (χ0n) is 15.2. The number of esters is 1. The number of hydrogen-bond acceptors (Lipinski definition) is 5. The third-order valence-corrected chi connectivity index (χ3v) is 5.16. The Labute approximate surface area is 149 Å². The Balaban J connectivity index is 1.79. The number of carbonyl (C=O) groups is 1. The minimum atomic E-state index is -0.491. The van der Waals surface area contributed by atoms with E-state index in [2.05, 4.69) is 26.1 Å². The molecule has 6 heteroatoms. The molecule has 0 radical (unpaired) electrons. The summed E-state index contributed by atoms with van der Waals surface area (Å²) in [5.74, 6) is 1.48. The molecule has 0 aliphatic heterocycles. The van der Waals surface area contributed by atoms with Crippen LogP contribution in [0.5, 0.6) is 0 Å². The summed E-state index contributed by atoms with van der Waals surface area (Å²) in [4.78, 5) is 22.1.